The van der Waals surface area contributed by atoms with Crippen molar-refractivity contribution in [2.75, 3.05) is 27.7 Å². The minimum Gasteiger partial charge on any atom is -0.497 e. The van der Waals surface area contributed by atoms with Crippen LogP contribution in [0.4, 0.5) is 0 Å². The van der Waals surface area contributed by atoms with Gasteiger partial charge in [0, 0.05) is 11.6 Å². The third kappa shape index (κ3) is 4.83. The van der Waals surface area contributed by atoms with Gasteiger partial charge >= 0.3 is 0 Å². The Balaban J connectivity index is 1.79. The summed E-state index contributed by atoms with van der Waals surface area (Å²) in [6.07, 6.45) is 2.29. The van der Waals surface area contributed by atoms with Gasteiger partial charge in [0.15, 0.2) is 0 Å². The second-order valence-electron chi connectivity index (χ2n) is 7.22. The predicted octanol–water partition coefficient (Wildman–Crippen LogP) is 4.13. The summed E-state index contributed by atoms with van der Waals surface area (Å²) in [5.41, 5.74) is 3.32. The Bertz CT molecular complexity index is 1020. The molecule has 1 heterocycles. The number of carbonyl (C=O) groups is 1. The van der Waals surface area contributed by atoms with Crippen LogP contribution in [-0.2, 0) is 6.42 Å². The Morgan fingerprint density at radius 1 is 1.23 bits per heavy atom. The number of hydrogen-bond acceptors (Lipinski definition) is 4. The van der Waals surface area contributed by atoms with Crippen LogP contribution in [0.5, 0.6) is 5.75 Å². The van der Waals surface area contributed by atoms with Crippen LogP contribution in [0.2, 0.25) is 5.02 Å². The van der Waals surface area contributed by atoms with Crippen molar-refractivity contribution in [3.8, 4) is 11.4 Å². The van der Waals surface area contributed by atoms with Gasteiger partial charge in [0.25, 0.3) is 5.91 Å². The molecular formula is C23H27ClN4O2. The summed E-state index contributed by atoms with van der Waals surface area (Å²) >= 11 is 6.12. The molecule has 0 radical (unpaired) electrons. The van der Waals surface area contributed by atoms with E-state index in [9.17, 15) is 4.79 Å². The van der Waals surface area contributed by atoms with Gasteiger partial charge in [0.1, 0.15) is 5.75 Å². The summed E-state index contributed by atoms with van der Waals surface area (Å²) in [4.78, 5) is 15.1. The maximum atomic E-state index is 13.0. The largest absolute Gasteiger partial charge is 0.497 e. The fourth-order valence-corrected chi connectivity index (χ4v) is 3.65. The first-order valence-electron chi connectivity index (χ1n) is 9.86. The molecule has 0 spiro atoms. The highest BCUT2D eigenvalue weighted by atomic mass is 35.5. The molecule has 3 aromatic rings. The molecule has 158 valence electrons. The van der Waals surface area contributed by atoms with Crippen LogP contribution >= 0.6 is 11.6 Å². The van der Waals surface area contributed by atoms with Crippen LogP contribution in [0.3, 0.4) is 0 Å². The minimum absolute atomic E-state index is 0.0112. The van der Waals surface area contributed by atoms with E-state index >= 15 is 0 Å². The first kappa shape index (κ1) is 21.9. The Kier molecular flexibility index (Phi) is 7.13. The fraction of sp³-hybridized carbons (Fsp3) is 0.304. The molecule has 0 aliphatic heterocycles. The van der Waals surface area contributed by atoms with Crippen molar-refractivity contribution in [3.63, 3.8) is 0 Å². The van der Waals surface area contributed by atoms with Gasteiger partial charge < -0.3 is 15.0 Å². The second-order valence-corrected chi connectivity index (χ2v) is 7.65. The Morgan fingerprint density at radius 3 is 2.67 bits per heavy atom. The molecule has 30 heavy (non-hydrogen) atoms. The third-order valence-electron chi connectivity index (χ3n) is 5.06. The Hall–Kier alpha value is -2.83. The molecule has 0 bridgehead atoms. The monoisotopic (exact) mass is 426 g/mol. The highest BCUT2D eigenvalue weighted by molar-refractivity contribution is 6.30. The van der Waals surface area contributed by atoms with Gasteiger partial charge in [0.2, 0.25) is 0 Å². The zero-order valence-corrected chi connectivity index (χ0v) is 18.5. The molecule has 0 saturated heterocycles. The highest BCUT2D eigenvalue weighted by Crippen LogP contribution is 2.23. The summed E-state index contributed by atoms with van der Waals surface area (Å²) in [7, 11) is 5.63. The standard InChI is InChI=1S/C23H27ClN4O2/c1-5-21-20(14-26-28(21)18-10-7-9-17(24)13-18)23(29)25-15-22(27(2)3)16-8-6-11-19(12-16)30-4/h6-14,22H,5,15H2,1-4H3,(H,25,29). The summed E-state index contributed by atoms with van der Waals surface area (Å²) in [5.74, 6) is 0.650. The van der Waals surface area contributed by atoms with E-state index in [1.807, 2.05) is 69.6 Å². The van der Waals surface area contributed by atoms with E-state index in [2.05, 4.69) is 15.3 Å². The van der Waals surface area contributed by atoms with Crippen molar-refractivity contribution < 1.29 is 9.53 Å². The molecule has 1 unspecified atom stereocenters. The molecule has 3 rings (SSSR count). The number of nitrogens with zero attached hydrogens (tertiary/aromatic N) is 3. The maximum Gasteiger partial charge on any atom is 0.254 e. The Labute approximate surface area is 182 Å². The summed E-state index contributed by atoms with van der Waals surface area (Å²) in [6.45, 7) is 2.47. The molecule has 1 amide bonds. The lowest BCUT2D eigenvalue weighted by atomic mass is 10.1. The molecule has 0 fully saturated rings. The van der Waals surface area contributed by atoms with Gasteiger partial charge in [-0.3, -0.25) is 4.79 Å². The SMILES string of the molecule is CCc1c(C(=O)NCC(c2cccc(OC)c2)N(C)C)cnn1-c1cccc(Cl)c1. The van der Waals surface area contributed by atoms with Gasteiger partial charge in [-0.25, -0.2) is 4.68 Å². The molecule has 1 N–H and O–H groups in total. The maximum absolute atomic E-state index is 13.0. The number of methoxy groups -OCH3 is 1. The van der Waals surface area contributed by atoms with E-state index in [-0.39, 0.29) is 11.9 Å². The van der Waals surface area contributed by atoms with Gasteiger partial charge in [-0.2, -0.15) is 5.10 Å². The lowest BCUT2D eigenvalue weighted by Crippen LogP contribution is -2.34. The molecule has 0 aliphatic rings. The van der Waals surface area contributed by atoms with Crippen LogP contribution in [0.25, 0.3) is 5.69 Å². The summed E-state index contributed by atoms with van der Waals surface area (Å²) in [6, 6.07) is 15.3. The number of carbonyl (C=O) groups excluding carboxylic acids is 1. The van der Waals surface area contributed by atoms with Crippen LogP contribution in [0.1, 0.15) is 34.6 Å². The zero-order chi connectivity index (χ0) is 21.7. The van der Waals surface area contributed by atoms with Crippen molar-refractivity contribution in [3.05, 3.63) is 76.6 Å². The molecule has 2 aromatic carbocycles. The molecule has 1 atom stereocenters. The Morgan fingerprint density at radius 2 is 2.00 bits per heavy atom. The number of amides is 1. The number of aromatic nitrogens is 2. The molecule has 0 aliphatic carbocycles. The van der Waals surface area contributed by atoms with Crippen LogP contribution in [0.15, 0.2) is 54.7 Å². The average Bonchev–Trinajstić information content (AvgIpc) is 3.18. The third-order valence-corrected chi connectivity index (χ3v) is 5.29. The highest BCUT2D eigenvalue weighted by Gasteiger charge is 2.20. The van der Waals surface area contributed by atoms with Crippen molar-refractivity contribution in [2.24, 2.45) is 0 Å². The van der Waals surface area contributed by atoms with E-state index < -0.39 is 0 Å². The van der Waals surface area contributed by atoms with Gasteiger partial charge in [-0.05, 0) is 56.4 Å². The van der Waals surface area contributed by atoms with Gasteiger partial charge in [-0.15, -0.1) is 0 Å². The van der Waals surface area contributed by atoms with E-state index in [1.54, 1.807) is 18.0 Å². The lowest BCUT2D eigenvalue weighted by molar-refractivity contribution is 0.0941. The van der Waals surface area contributed by atoms with Crippen molar-refractivity contribution in [2.45, 2.75) is 19.4 Å². The lowest BCUT2D eigenvalue weighted by Gasteiger charge is -2.25. The number of rotatable bonds is 8. The molecule has 1 aromatic heterocycles. The van der Waals surface area contributed by atoms with Gasteiger partial charge in [-0.1, -0.05) is 36.7 Å². The topological polar surface area (TPSA) is 59.4 Å². The van der Waals surface area contributed by atoms with E-state index in [0.29, 0.717) is 23.6 Å². The van der Waals surface area contributed by atoms with Crippen LogP contribution in [0, 0.1) is 0 Å². The number of hydrogen-bond donors (Lipinski definition) is 1. The summed E-state index contributed by atoms with van der Waals surface area (Å²) < 4.78 is 7.11. The van der Waals surface area contributed by atoms with Crippen molar-refractivity contribution >= 4 is 17.5 Å². The second kappa shape index (κ2) is 9.78. The van der Waals surface area contributed by atoms with Crippen LogP contribution < -0.4 is 10.1 Å². The number of ether oxygens (including phenoxy) is 1. The van der Waals surface area contributed by atoms with E-state index in [0.717, 1.165) is 22.7 Å². The summed E-state index contributed by atoms with van der Waals surface area (Å²) in [5, 5.41) is 8.13. The molecule has 6 nitrogen and oxygen atoms in total. The quantitative estimate of drug-likeness (QED) is 0.588. The number of likely N-dealkylation sites (N-methyl/N-ethyl adjacent to an activating group) is 1. The fourth-order valence-electron chi connectivity index (χ4n) is 3.47. The molecular weight excluding hydrogens is 400 g/mol. The van der Waals surface area contributed by atoms with E-state index in [4.69, 9.17) is 16.3 Å². The van der Waals surface area contributed by atoms with Gasteiger partial charge in [0.05, 0.1) is 36.3 Å². The van der Waals surface area contributed by atoms with Crippen molar-refractivity contribution in [1.29, 1.82) is 0 Å². The average molecular weight is 427 g/mol. The predicted molar refractivity (Wildman–Crippen MR) is 120 cm³/mol. The van der Waals surface area contributed by atoms with Crippen molar-refractivity contribution in [1.82, 2.24) is 20.0 Å². The first-order chi connectivity index (χ1) is 14.4. The van der Waals surface area contributed by atoms with E-state index in [1.165, 1.54) is 0 Å². The smallest absolute Gasteiger partial charge is 0.254 e. The number of halogens is 1. The molecule has 0 saturated carbocycles. The minimum atomic E-state index is -0.144. The number of nitrogens with one attached hydrogen (secondary N) is 1. The zero-order valence-electron chi connectivity index (χ0n) is 17.7. The first-order valence-corrected chi connectivity index (χ1v) is 10.2. The normalized spacial score (nSPS) is 12.1. The molecule has 7 heteroatoms. The van der Waals surface area contributed by atoms with Crippen LogP contribution in [-0.4, -0.2) is 48.3 Å². The number of benzene rings is 2.